The van der Waals surface area contributed by atoms with Crippen LogP contribution in [0.3, 0.4) is 0 Å². The Kier molecular flexibility index (Phi) is 3.84. The number of hydrogen-bond donors (Lipinski definition) is 1. The van der Waals surface area contributed by atoms with Crippen molar-refractivity contribution in [3.05, 3.63) is 42.2 Å². The van der Waals surface area contributed by atoms with E-state index >= 15 is 0 Å². The largest absolute Gasteiger partial charge is 0.354 e. The predicted octanol–water partition coefficient (Wildman–Crippen LogP) is 6.94. The lowest BCUT2D eigenvalue weighted by molar-refractivity contribution is 1.28. The molecule has 92 valence electrons. The van der Waals surface area contributed by atoms with E-state index in [1.54, 1.807) is 11.8 Å². The lowest BCUT2D eigenvalue weighted by atomic mass is 10.2. The van der Waals surface area contributed by atoms with E-state index in [0.717, 1.165) is 29.3 Å². The second kappa shape index (κ2) is 5.13. The molecule has 6 heteroatoms. The fourth-order valence-electron chi connectivity index (χ4n) is 1.68. The molecule has 0 unspecified atom stereocenters. The molecule has 0 aromatic heterocycles. The summed E-state index contributed by atoms with van der Waals surface area (Å²) in [7, 11) is 0. The highest BCUT2D eigenvalue weighted by molar-refractivity contribution is 9.13. The molecule has 2 aromatic rings. The van der Waals surface area contributed by atoms with Crippen molar-refractivity contribution in [3.63, 3.8) is 0 Å². The number of hydrogen-bond acceptors (Lipinski definition) is 2. The zero-order chi connectivity index (χ0) is 12.9. The highest BCUT2D eigenvalue weighted by atomic mass is 79.9. The Bertz CT molecular complexity index is 546. The molecule has 0 saturated heterocycles. The van der Waals surface area contributed by atoms with Crippen LogP contribution in [-0.2, 0) is 0 Å². The first-order chi connectivity index (χ1) is 8.54. The maximum atomic E-state index is 3.54. The zero-order valence-corrected chi connectivity index (χ0v) is 15.9. The van der Waals surface area contributed by atoms with Crippen LogP contribution in [0.5, 0.6) is 0 Å². The number of anilines is 2. The van der Waals surface area contributed by atoms with Crippen LogP contribution in [-0.4, -0.2) is 0 Å². The van der Waals surface area contributed by atoms with E-state index in [-0.39, 0.29) is 0 Å². The van der Waals surface area contributed by atoms with Crippen LogP contribution in [0.25, 0.3) is 0 Å². The van der Waals surface area contributed by atoms with Crippen molar-refractivity contribution in [2.75, 3.05) is 5.32 Å². The summed E-state index contributed by atoms with van der Waals surface area (Å²) in [5.41, 5.74) is 2.24. The Morgan fingerprint density at radius 3 is 1.50 bits per heavy atom. The Morgan fingerprint density at radius 1 is 0.667 bits per heavy atom. The van der Waals surface area contributed by atoms with Crippen LogP contribution in [0.15, 0.2) is 51.9 Å². The van der Waals surface area contributed by atoms with E-state index in [1.807, 2.05) is 0 Å². The lowest BCUT2D eigenvalue weighted by Crippen LogP contribution is -2.00. The molecule has 0 radical (unpaired) electrons. The minimum absolute atomic E-state index is 1.05. The molecular weight excluding hydrogens is 510 g/mol. The van der Waals surface area contributed by atoms with Gasteiger partial charge in [-0.2, -0.15) is 0 Å². The Hall–Kier alpha value is 0.510. The van der Waals surface area contributed by atoms with E-state index < -0.39 is 0 Å². The van der Waals surface area contributed by atoms with E-state index in [2.05, 4.69) is 93.3 Å². The molecule has 3 rings (SSSR count). The Balaban J connectivity index is 2.12. The fraction of sp³-hybridized carbons (Fsp3) is 0. The number of nitrogens with one attached hydrogen (secondary N) is 1. The summed E-state index contributed by atoms with van der Waals surface area (Å²) in [6.07, 6.45) is 0. The summed E-state index contributed by atoms with van der Waals surface area (Å²) in [5, 5.41) is 3.45. The third kappa shape index (κ3) is 2.42. The average molecular weight is 515 g/mol. The molecule has 2 aromatic carbocycles. The monoisotopic (exact) mass is 511 g/mol. The topological polar surface area (TPSA) is 12.0 Å². The van der Waals surface area contributed by atoms with Gasteiger partial charge < -0.3 is 5.32 Å². The molecule has 1 aliphatic heterocycles. The molecule has 0 aliphatic carbocycles. The summed E-state index contributed by atoms with van der Waals surface area (Å²) < 4.78 is 4.23. The molecule has 0 saturated carbocycles. The minimum Gasteiger partial charge on any atom is -0.354 e. The number of fused-ring (bicyclic) bond motifs is 2. The van der Waals surface area contributed by atoms with E-state index in [1.165, 1.54) is 9.79 Å². The van der Waals surface area contributed by atoms with Crippen LogP contribution in [0.2, 0.25) is 0 Å². The lowest BCUT2D eigenvalue weighted by Gasteiger charge is -2.22. The van der Waals surface area contributed by atoms with Gasteiger partial charge in [0.2, 0.25) is 0 Å². The summed E-state index contributed by atoms with van der Waals surface area (Å²) >= 11 is 15.9. The van der Waals surface area contributed by atoms with Crippen LogP contribution in [0, 0.1) is 0 Å². The predicted molar refractivity (Wildman–Crippen MR) is 91.1 cm³/mol. The van der Waals surface area contributed by atoms with Gasteiger partial charge in [-0.3, -0.25) is 0 Å². The van der Waals surface area contributed by atoms with E-state index in [4.69, 9.17) is 0 Å². The molecule has 1 nitrogen and oxygen atoms in total. The summed E-state index contributed by atoms with van der Waals surface area (Å²) in [4.78, 5) is 2.43. The maximum absolute atomic E-state index is 3.54. The highest BCUT2D eigenvalue weighted by Gasteiger charge is 2.18. The van der Waals surface area contributed by atoms with Gasteiger partial charge in [-0.25, -0.2) is 0 Å². The normalized spacial score (nSPS) is 12.7. The van der Waals surface area contributed by atoms with Gasteiger partial charge in [-0.1, -0.05) is 11.8 Å². The first kappa shape index (κ1) is 13.5. The second-order valence-corrected chi connectivity index (χ2v) is 8.25. The first-order valence-corrected chi connectivity index (χ1v) is 8.96. The van der Waals surface area contributed by atoms with Crippen molar-refractivity contribution >= 4 is 86.9 Å². The molecule has 1 heterocycles. The van der Waals surface area contributed by atoms with Crippen molar-refractivity contribution in [2.24, 2.45) is 0 Å². The van der Waals surface area contributed by atoms with Gasteiger partial charge in [0, 0.05) is 27.7 Å². The van der Waals surface area contributed by atoms with Gasteiger partial charge in [-0.05, 0) is 88.0 Å². The minimum atomic E-state index is 1.05. The molecule has 18 heavy (non-hydrogen) atoms. The SMILES string of the molecule is Brc1cc2c(cc1Br)Sc1cc(Br)c(Br)cc1N2. The molecular formula is C12H5Br4NS. The first-order valence-electron chi connectivity index (χ1n) is 4.97. The Labute approximate surface area is 143 Å². The van der Waals surface area contributed by atoms with Gasteiger partial charge >= 0.3 is 0 Å². The number of rotatable bonds is 0. The van der Waals surface area contributed by atoms with Crippen LogP contribution < -0.4 is 5.32 Å². The van der Waals surface area contributed by atoms with Crippen molar-refractivity contribution < 1.29 is 0 Å². The second-order valence-electron chi connectivity index (χ2n) is 3.75. The van der Waals surface area contributed by atoms with Crippen molar-refractivity contribution in [3.8, 4) is 0 Å². The smallest absolute Gasteiger partial charge is 0.0538 e. The van der Waals surface area contributed by atoms with Crippen molar-refractivity contribution in [1.82, 2.24) is 0 Å². The van der Waals surface area contributed by atoms with Gasteiger partial charge in [0.15, 0.2) is 0 Å². The third-order valence-electron chi connectivity index (χ3n) is 2.53. The van der Waals surface area contributed by atoms with E-state index in [9.17, 15) is 0 Å². The third-order valence-corrected chi connectivity index (χ3v) is 7.34. The molecule has 1 N–H and O–H groups in total. The maximum Gasteiger partial charge on any atom is 0.0538 e. The van der Waals surface area contributed by atoms with E-state index in [0.29, 0.717) is 0 Å². The van der Waals surface area contributed by atoms with Gasteiger partial charge in [0.1, 0.15) is 0 Å². The summed E-state index contributed by atoms with van der Waals surface area (Å²) in [6.45, 7) is 0. The number of halogens is 4. The van der Waals surface area contributed by atoms with Gasteiger partial charge in [-0.15, -0.1) is 0 Å². The molecule has 0 amide bonds. The molecule has 1 aliphatic rings. The summed E-state index contributed by atoms with van der Waals surface area (Å²) in [5.74, 6) is 0. The quantitative estimate of drug-likeness (QED) is 0.348. The summed E-state index contributed by atoms with van der Waals surface area (Å²) in [6, 6.07) is 8.42. The van der Waals surface area contributed by atoms with Crippen LogP contribution in [0.1, 0.15) is 0 Å². The average Bonchev–Trinajstić information content (AvgIpc) is 2.31. The Morgan fingerprint density at radius 2 is 1.06 bits per heavy atom. The molecule has 0 fully saturated rings. The van der Waals surface area contributed by atoms with Crippen molar-refractivity contribution in [1.29, 1.82) is 0 Å². The number of benzene rings is 2. The van der Waals surface area contributed by atoms with Crippen LogP contribution in [0.4, 0.5) is 11.4 Å². The highest BCUT2D eigenvalue weighted by Crippen LogP contribution is 2.48. The van der Waals surface area contributed by atoms with Gasteiger partial charge in [0.25, 0.3) is 0 Å². The molecule has 0 spiro atoms. The fourth-order valence-corrected chi connectivity index (χ4v) is 4.39. The zero-order valence-electron chi connectivity index (χ0n) is 8.73. The molecule has 0 atom stereocenters. The van der Waals surface area contributed by atoms with Crippen molar-refractivity contribution in [2.45, 2.75) is 9.79 Å². The molecule has 0 bridgehead atoms. The standard InChI is InChI=1S/C12H5Br4NS/c13-5-1-9-11(3-7(5)15)18-12-4-8(16)6(14)2-10(12)17-9/h1-4,17H. The van der Waals surface area contributed by atoms with Gasteiger partial charge in [0.05, 0.1) is 11.4 Å². The van der Waals surface area contributed by atoms with Crippen LogP contribution >= 0.6 is 75.5 Å².